The quantitative estimate of drug-likeness (QED) is 0.727. The zero-order chi connectivity index (χ0) is 8.23. The highest BCUT2D eigenvalue weighted by Gasteiger charge is 2.19. The molecule has 2 rings (SSSR count). The number of hydrogen-bond donors (Lipinski definition) is 1. The lowest BCUT2D eigenvalue weighted by Crippen LogP contribution is -2.15. The van der Waals surface area contributed by atoms with Gasteiger partial charge in [0.1, 0.15) is 0 Å². The summed E-state index contributed by atoms with van der Waals surface area (Å²) in [7, 11) is 0. The minimum Gasteiger partial charge on any atom is -0.312 e. The highest BCUT2D eigenvalue weighted by Crippen LogP contribution is 2.27. The Morgan fingerprint density at radius 2 is 2.08 bits per heavy atom. The Morgan fingerprint density at radius 3 is 2.75 bits per heavy atom. The van der Waals surface area contributed by atoms with Crippen LogP contribution >= 0.6 is 0 Å². The van der Waals surface area contributed by atoms with Crippen molar-refractivity contribution in [3.63, 3.8) is 0 Å². The Bertz CT molecular complexity index is 229. The first-order chi connectivity index (χ1) is 5.95. The van der Waals surface area contributed by atoms with Gasteiger partial charge in [0.05, 0.1) is 0 Å². The first-order valence-corrected chi connectivity index (χ1v) is 4.55. The van der Waals surface area contributed by atoms with E-state index in [1.54, 1.807) is 0 Å². The molecule has 0 saturated heterocycles. The lowest BCUT2D eigenvalue weighted by atomic mass is 10.2. The molecule has 1 N–H and O–H groups in total. The SMILES string of the molecule is c1cc(CNCC2CC2)ccn1. The van der Waals surface area contributed by atoms with Crippen molar-refractivity contribution in [3.05, 3.63) is 30.1 Å². The molecular formula is C10H14N2. The summed E-state index contributed by atoms with van der Waals surface area (Å²) in [5.41, 5.74) is 1.32. The number of nitrogens with one attached hydrogen (secondary N) is 1. The normalized spacial score (nSPS) is 16.3. The van der Waals surface area contributed by atoms with Crippen molar-refractivity contribution in [1.29, 1.82) is 0 Å². The topological polar surface area (TPSA) is 24.9 Å². The van der Waals surface area contributed by atoms with Crippen molar-refractivity contribution in [1.82, 2.24) is 10.3 Å². The molecular weight excluding hydrogens is 148 g/mol. The third kappa shape index (κ3) is 2.31. The largest absolute Gasteiger partial charge is 0.312 e. The van der Waals surface area contributed by atoms with Gasteiger partial charge in [-0.2, -0.15) is 0 Å². The van der Waals surface area contributed by atoms with Crippen LogP contribution in [0.5, 0.6) is 0 Å². The number of hydrogen-bond acceptors (Lipinski definition) is 2. The van der Waals surface area contributed by atoms with E-state index in [0.29, 0.717) is 0 Å². The maximum atomic E-state index is 3.97. The Morgan fingerprint density at radius 1 is 1.33 bits per heavy atom. The lowest BCUT2D eigenvalue weighted by molar-refractivity contribution is 0.638. The second-order valence-corrected chi connectivity index (χ2v) is 3.43. The molecule has 12 heavy (non-hydrogen) atoms. The number of pyridine rings is 1. The predicted octanol–water partition coefficient (Wildman–Crippen LogP) is 1.58. The van der Waals surface area contributed by atoms with E-state index < -0.39 is 0 Å². The summed E-state index contributed by atoms with van der Waals surface area (Å²) in [6.45, 7) is 2.17. The molecule has 0 radical (unpaired) electrons. The molecule has 1 heterocycles. The summed E-state index contributed by atoms with van der Waals surface area (Å²) in [4.78, 5) is 3.97. The van der Waals surface area contributed by atoms with Crippen LogP contribution in [-0.2, 0) is 6.54 Å². The van der Waals surface area contributed by atoms with Crippen molar-refractivity contribution < 1.29 is 0 Å². The Balaban J connectivity index is 1.72. The lowest BCUT2D eigenvalue weighted by Gasteiger charge is -2.02. The van der Waals surface area contributed by atoms with Gasteiger partial charge >= 0.3 is 0 Å². The second-order valence-electron chi connectivity index (χ2n) is 3.43. The monoisotopic (exact) mass is 162 g/mol. The van der Waals surface area contributed by atoms with Crippen molar-refractivity contribution >= 4 is 0 Å². The first-order valence-electron chi connectivity index (χ1n) is 4.55. The maximum Gasteiger partial charge on any atom is 0.0271 e. The Hall–Kier alpha value is -0.890. The third-order valence-corrected chi connectivity index (χ3v) is 2.21. The van der Waals surface area contributed by atoms with Crippen LogP contribution in [0.4, 0.5) is 0 Å². The molecule has 2 nitrogen and oxygen atoms in total. The van der Waals surface area contributed by atoms with Crippen LogP contribution < -0.4 is 5.32 Å². The van der Waals surface area contributed by atoms with Crippen molar-refractivity contribution in [2.45, 2.75) is 19.4 Å². The average Bonchev–Trinajstić information content (AvgIpc) is 2.90. The van der Waals surface area contributed by atoms with Gasteiger partial charge in [-0.3, -0.25) is 4.98 Å². The van der Waals surface area contributed by atoms with Gasteiger partial charge in [-0.25, -0.2) is 0 Å². The van der Waals surface area contributed by atoms with Crippen LogP contribution in [0.2, 0.25) is 0 Å². The fraction of sp³-hybridized carbons (Fsp3) is 0.500. The van der Waals surface area contributed by atoms with E-state index in [1.165, 1.54) is 24.9 Å². The molecule has 64 valence electrons. The summed E-state index contributed by atoms with van der Waals surface area (Å²) >= 11 is 0. The van der Waals surface area contributed by atoms with E-state index >= 15 is 0 Å². The number of aromatic nitrogens is 1. The standard InChI is InChI=1S/C10H14N2/c1-2-9(1)7-12-8-10-3-5-11-6-4-10/h3-6,9,12H,1-2,7-8H2. The van der Waals surface area contributed by atoms with Crippen LogP contribution in [0.15, 0.2) is 24.5 Å². The van der Waals surface area contributed by atoms with E-state index in [2.05, 4.69) is 22.4 Å². The van der Waals surface area contributed by atoms with E-state index in [4.69, 9.17) is 0 Å². The third-order valence-electron chi connectivity index (χ3n) is 2.21. The molecule has 0 amide bonds. The molecule has 1 fully saturated rings. The van der Waals surface area contributed by atoms with Gasteiger partial charge in [-0.05, 0) is 43.0 Å². The van der Waals surface area contributed by atoms with Gasteiger partial charge in [0.15, 0.2) is 0 Å². The molecule has 1 aliphatic rings. The van der Waals surface area contributed by atoms with Crippen molar-refractivity contribution in [2.24, 2.45) is 5.92 Å². The molecule has 1 aromatic heterocycles. The van der Waals surface area contributed by atoms with Gasteiger partial charge in [0.2, 0.25) is 0 Å². The van der Waals surface area contributed by atoms with Crippen molar-refractivity contribution in [3.8, 4) is 0 Å². The highest BCUT2D eigenvalue weighted by molar-refractivity contribution is 5.08. The minimum atomic E-state index is 0.965. The number of nitrogens with zero attached hydrogens (tertiary/aromatic N) is 1. The van der Waals surface area contributed by atoms with Gasteiger partial charge in [-0.15, -0.1) is 0 Å². The number of rotatable bonds is 4. The molecule has 0 unspecified atom stereocenters. The predicted molar refractivity (Wildman–Crippen MR) is 48.7 cm³/mol. The van der Waals surface area contributed by atoms with Crippen LogP contribution in [-0.4, -0.2) is 11.5 Å². The van der Waals surface area contributed by atoms with Crippen LogP contribution in [0.3, 0.4) is 0 Å². The molecule has 2 heteroatoms. The van der Waals surface area contributed by atoms with Crippen LogP contribution in [0, 0.1) is 5.92 Å². The molecule has 0 atom stereocenters. The molecule has 0 aromatic carbocycles. The van der Waals surface area contributed by atoms with Gasteiger partial charge < -0.3 is 5.32 Å². The van der Waals surface area contributed by atoms with E-state index in [-0.39, 0.29) is 0 Å². The van der Waals surface area contributed by atoms with E-state index in [1.807, 2.05) is 12.4 Å². The summed E-state index contributed by atoms with van der Waals surface area (Å²) in [5.74, 6) is 0.965. The summed E-state index contributed by atoms with van der Waals surface area (Å²) in [5, 5.41) is 3.44. The molecule has 0 aliphatic heterocycles. The first kappa shape index (κ1) is 7.74. The zero-order valence-electron chi connectivity index (χ0n) is 7.16. The van der Waals surface area contributed by atoms with Crippen molar-refractivity contribution in [2.75, 3.05) is 6.54 Å². The highest BCUT2D eigenvalue weighted by atomic mass is 14.9. The maximum absolute atomic E-state index is 3.97. The molecule has 0 bridgehead atoms. The minimum absolute atomic E-state index is 0.965. The molecule has 1 aromatic rings. The average molecular weight is 162 g/mol. The Labute approximate surface area is 73.0 Å². The molecule has 0 spiro atoms. The van der Waals surface area contributed by atoms with Gasteiger partial charge in [0.25, 0.3) is 0 Å². The molecule has 1 saturated carbocycles. The second kappa shape index (κ2) is 3.68. The Kier molecular flexibility index (Phi) is 2.37. The van der Waals surface area contributed by atoms with Crippen LogP contribution in [0.25, 0.3) is 0 Å². The summed E-state index contributed by atoms with van der Waals surface area (Å²) < 4.78 is 0. The van der Waals surface area contributed by atoms with E-state index in [9.17, 15) is 0 Å². The fourth-order valence-corrected chi connectivity index (χ4v) is 1.24. The molecule has 1 aliphatic carbocycles. The van der Waals surface area contributed by atoms with Gasteiger partial charge in [0, 0.05) is 18.9 Å². The van der Waals surface area contributed by atoms with E-state index in [0.717, 1.165) is 12.5 Å². The zero-order valence-corrected chi connectivity index (χ0v) is 7.16. The summed E-state index contributed by atoms with van der Waals surface area (Å²) in [6, 6.07) is 4.11. The fourth-order valence-electron chi connectivity index (χ4n) is 1.24. The smallest absolute Gasteiger partial charge is 0.0271 e. The summed E-state index contributed by atoms with van der Waals surface area (Å²) in [6.07, 6.45) is 6.52. The van der Waals surface area contributed by atoms with Crippen LogP contribution in [0.1, 0.15) is 18.4 Å². The van der Waals surface area contributed by atoms with Gasteiger partial charge in [-0.1, -0.05) is 0 Å².